The maximum Gasteiger partial charge on any atom is 0.225 e. The molecule has 3 aliphatic rings. The number of hydrogen-bond acceptors (Lipinski definition) is 4. The first kappa shape index (κ1) is 17.2. The Labute approximate surface area is 147 Å². The molecule has 1 aromatic rings. The van der Waals surface area contributed by atoms with Crippen LogP contribution in [0.4, 0.5) is 0 Å². The van der Waals surface area contributed by atoms with Gasteiger partial charge in [-0.05, 0) is 18.4 Å². The van der Waals surface area contributed by atoms with Gasteiger partial charge in [-0.2, -0.15) is 5.10 Å². The summed E-state index contributed by atoms with van der Waals surface area (Å²) in [6.07, 6.45) is 6.49. The second-order valence-corrected chi connectivity index (χ2v) is 7.01. The van der Waals surface area contributed by atoms with E-state index in [2.05, 4.69) is 15.7 Å². The maximum absolute atomic E-state index is 12.7. The Morgan fingerprint density at radius 2 is 2.17 bits per heavy atom. The van der Waals surface area contributed by atoms with E-state index in [1.54, 1.807) is 4.68 Å². The molecule has 7 nitrogen and oxygen atoms in total. The van der Waals surface area contributed by atoms with E-state index in [4.69, 9.17) is 0 Å². The minimum atomic E-state index is -0.0933. The third-order valence-electron chi connectivity index (χ3n) is 5.20. The standard InChI is InChI=1S/C16H23N5O2.ClH/c1-20-8-10(5-18-20)13-6-17-7-14(13)16(23)19-11-4-15(22)21(9-11)12-2-3-12;/h5,8,11-14,17H,2-4,6-7,9H2,1H3,(H,19,23);1H/t11?,13-,14+;/m1./s1. The van der Waals surface area contributed by atoms with Gasteiger partial charge in [0.1, 0.15) is 0 Å². The Balaban J connectivity index is 0.00000169. The Morgan fingerprint density at radius 1 is 1.38 bits per heavy atom. The van der Waals surface area contributed by atoms with Crippen LogP contribution in [0.25, 0.3) is 0 Å². The van der Waals surface area contributed by atoms with Gasteiger partial charge < -0.3 is 15.5 Å². The van der Waals surface area contributed by atoms with Gasteiger partial charge in [0.25, 0.3) is 0 Å². The number of likely N-dealkylation sites (tertiary alicyclic amines) is 1. The Hall–Kier alpha value is -1.60. The summed E-state index contributed by atoms with van der Waals surface area (Å²) in [5.41, 5.74) is 1.10. The van der Waals surface area contributed by atoms with Crippen molar-refractivity contribution in [3.8, 4) is 0 Å². The largest absolute Gasteiger partial charge is 0.351 e. The molecule has 2 amide bonds. The molecule has 4 rings (SSSR count). The van der Waals surface area contributed by atoms with Gasteiger partial charge in [0.2, 0.25) is 11.8 Å². The predicted molar refractivity (Wildman–Crippen MR) is 90.8 cm³/mol. The Kier molecular flexibility index (Phi) is 4.83. The van der Waals surface area contributed by atoms with Gasteiger partial charge in [-0.3, -0.25) is 14.3 Å². The van der Waals surface area contributed by atoms with Gasteiger partial charge in [0, 0.05) is 51.3 Å². The predicted octanol–water partition coefficient (Wildman–Crippen LogP) is 0.0244. The monoisotopic (exact) mass is 353 g/mol. The number of rotatable bonds is 4. The number of aryl methyl sites for hydroxylation is 1. The van der Waals surface area contributed by atoms with Crippen molar-refractivity contribution >= 4 is 24.2 Å². The second kappa shape index (κ2) is 6.72. The van der Waals surface area contributed by atoms with E-state index in [0.717, 1.165) is 24.9 Å². The van der Waals surface area contributed by atoms with Crippen LogP contribution in [-0.4, -0.2) is 58.2 Å². The SMILES string of the molecule is Cl.Cn1cc([C@H]2CNC[C@@H]2C(=O)NC2CC(=O)N(C3CC3)C2)cn1. The summed E-state index contributed by atoms with van der Waals surface area (Å²) in [5.74, 6) is 0.301. The summed E-state index contributed by atoms with van der Waals surface area (Å²) in [4.78, 5) is 26.6. The van der Waals surface area contributed by atoms with Crippen LogP contribution in [0, 0.1) is 5.92 Å². The molecule has 2 N–H and O–H groups in total. The highest BCUT2D eigenvalue weighted by molar-refractivity contribution is 5.85. The molecule has 0 bridgehead atoms. The zero-order valence-electron chi connectivity index (χ0n) is 13.8. The van der Waals surface area contributed by atoms with Crippen molar-refractivity contribution < 1.29 is 9.59 Å². The van der Waals surface area contributed by atoms with E-state index in [1.165, 1.54) is 0 Å². The molecule has 3 heterocycles. The minimum Gasteiger partial charge on any atom is -0.351 e. The Morgan fingerprint density at radius 3 is 2.83 bits per heavy atom. The van der Waals surface area contributed by atoms with E-state index in [9.17, 15) is 9.59 Å². The molecule has 132 valence electrons. The van der Waals surface area contributed by atoms with E-state index >= 15 is 0 Å². The molecule has 2 saturated heterocycles. The minimum absolute atomic E-state index is 0. The van der Waals surface area contributed by atoms with Crippen LogP contribution in [0.15, 0.2) is 12.4 Å². The van der Waals surface area contributed by atoms with Crippen LogP contribution < -0.4 is 10.6 Å². The van der Waals surface area contributed by atoms with Crippen molar-refractivity contribution in [1.29, 1.82) is 0 Å². The van der Waals surface area contributed by atoms with E-state index < -0.39 is 0 Å². The van der Waals surface area contributed by atoms with Crippen molar-refractivity contribution in [2.24, 2.45) is 13.0 Å². The molecule has 3 fully saturated rings. The number of amides is 2. The molecule has 1 aliphatic carbocycles. The summed E-state index contributed by atoms with van der Waals surface area (Å²) in [5, 5.41) is 10.6. The van der Waals surface area contributed by atoms with Crippen molar-refractivity contribution in [1.82, 2.24) is 25.3 Å². The molecule has 0 radical (unpaired) electrons. The fourth-order valence-electron chi connectivity index (χ4n) is 3.81. The van der Waals surface area contributed by atoms with Gasteiger partial charge in [-0.15, -0.1) is 12.4 Å². The first-order chi connectivity index (χ1) is 11.1. The molecule has 8 heteroatoms. The van der Waals surface area contributed by atoms with E-state index in [1.807, 2.05) is 24.3 Å². The second-order valence-electron chi connectivity index (χ2n) is 7.01. The normalized spacial score (nSPS) is 29.6. The van der Waals surface area contributed by atoms with Gasteiger partial charge in [0.15, 0.2) is 0 Å². The van der Waals surface area contributed by atoms with E-state index in [-0.39, 0.29) is 42.1 Å². The van der Waals surface area contributed by atoms with Crippen molar-refractivity contribution in [2.45, 2.75) is 37.3 Å². The third-order valence-corrected chi connectivity index (χ3v) is 5.20. The maximum atomic E-state index is 12.7. The molecular formula is C16H24ClN5O2. The van der Waals surface area contributed by atoms with Crippen molar-refractivity contribution in [3.05, 3.63) is 18.0 Å². The zero-order valence-corrected chi connectivity index (χ0v) is 14.6. The topological polar surface area (TPSA) is 79.3 Å². The average molecular weight is 354 g/mol. The van der Waals surface area contributed by atoms with E-state index in [0.29, 0.717) is 25.6 Å². The molecule has 3 atom stereocenters. The number of halogens is 1. The molecule has 24 heavy (non-hydrogen) atoms. The number of carbonyl (C=O) groups excluding carboxylic acids is 2. The zero-order chi connectivity index (χ0) is 16.0. The lowest BCUT2D eigenvalue weighted by atomic mass is 9.90. The summed E-state index contributed by atoms with van der Waals surface area (Å²) in [6.45, 7) is 2.15. The number of carbonyl (C=O) groups is 2. The highest BCUT2D eigenvalue weighted by atomic mass is 35.5. The van der Waals surface area contributed by atoms with Crippen LogP contribution in [0.2, 0.25) is 0 Å². The summed E-state index contributed by atoms with van der Waals surface area (Å²) in [7, 11) is 1.89. The Bertz CT molecular complexity index is 630. The quantitative estimate of drug-likeness (QED) is 0.800. The molecule has 0 spiro atoms. The lowest BCUT2D eigenvalue weighted by Gasteiger charge is -2.20. The molecule has 0 aromatic carbocycles. The van der Waals surface area contributed by atoms with Gasteiger partial charge in [-0.1, -0.05) is 0 Å². The molecule has 1 aromatic heterocycles. The van der Waals surface area contributed by atoms with Crippen LogP contribution in [0.3, 0.4) is 0 Å². The van der Waals surface area contributed by atoms with Gasteiger partial charge in [-0.25, -0.2) is 0 Å². The fraction of sp³-hybridized carbons (Fsp3) is 0.688. The number of aromatic nitrogens is 2. The van der Waals surface area contributed by atoms with Crippen LogP contribution in [0.1, 0.15) is 30.7 Å². The third kappa shape index (κ3) is 3.28. The molecular weight excluding hydrogens is 330 g/mol. The van der Waals surface area contributed by atoms with Crippen molar-refractivity contribution in [2.75, 3.05) is 19.6 Å². The molecule has 2 aliphatic heterocycles. The van der Waals surface area contributed by atoms with Crippen LogP contribution in [-0.2, 0) is 16.6 Å². The van der Waals surface area contributed by atoms with Crippen LogP contribution >= 0.6 is 12.4 Å². The highest BCUT2D eigenvalue weighted by Gasteiger charge is 2.41. The van der Waals surface area contributed by atoms with Gasteiger partial charge >= 0.3 is 0 Å². The van der Waals surface area contributed by atoms with Crippen molar-refractivity contribution in [3.63, 3.8) is 0 Å². The fourth-order valence-corrected chi connectivity index (χ4v) is 3.81. The van der Waals surface area contributed by atoms with Crippen LogP contribution in [0.5, 0.6) is 0 Å². The highest BCUT2D eigenvalue weighted by Crippen LogP contribution is 2.31. The summed E-state index contributed by atoms with van der Waals surface area (Å²) >= 11 is 0. The lowest BCUT2D eigenvalue weighted by molar-refractivity contribution is -0.128. The smallest absolute Gasteiger partial charge is 0.225 e. The first-order valence-corrected chi connectivity index (χ1v) is 8.41. The summed E-state index contributed by atoms with van der Waals surface area (Å²) in [6, 6.07) is 0.395. The number of nitrogens with zero attached hydrogens (tertiary/aromatic N) is 3. The summed E-state index contributed by atoms with van der Waals surface area (Å²) < 4.78 is 1.77. The number of hydrogen-bond donors (Lipinski definition) is 2. The van der Waals surface area contributed by atoms with Gasteiger partial charge in [0.05, 0.1) is 18.2 Å². The first-order valence-electron chi connectivity index (χ1n) is 8.41. The lowest BCUT2D eigenvalue weighted by Crippen LogP contribution is -2.42. The molecule has 1 saturated carbocycles. The number of nitrogens with one attached hydrogen (secondary N) is 2. The molecule has 1 unspecified atom stereocenters. The average Bonchev–Trinajstić information content (AvgIpc) is 2.93.